The fourth-order valence-corrected chi connectivity index (χ4v) is 6.27. The SMILES string of the molecule is CCc1c(/C=C2/CN(C(=O)OC(C)(C)C)C(C)(C)C2)c(=O)n2nc(C3=CCOCCC3)nc2n1CC(=O)Nc1ccc(C(F)(F)F)cc1Cl. The minimum atomic E-state index is -4.60. The van der Waals surface area contributed by atoms with Crippen molar-refractivity contribution >= 4 is 46.7 Å². The van der Waals surface area contributed by atoms with E-state index in [1.54, 1.807) is 36.3 Å². The molecule has 49 heavy (non-hydrogen) atoms. The van der Waals surface area contributed by atoms with Gasteiger partial charge in [0.15, 0.2) is 5.82 Å². The summed E-state index contributed by atoms with van der Waals surface area (Å²) in [5, 5.41) is 6.89. The molecule has 11 nitrogen and oxygen atoms in total. The molecule has 1 saturated heterocycles. The first-order chi connectivity index (χ1) is 22.9. The molecule has 5 rings (SSSR count). The molecule has 1 N–H and O–H groups in total. The molecule has 2 aliphatic rings. The number of hydrogen-bond acceptors (Lipinski definition) is 7. The van der Waals surface area contributed by atoms with Crippen molar-refractivity contribution in [3.05, 3.63) is 67.9 Å². The molecular weight excluding hydrogens is 665 g/mol. The maximum absolute atomic E-state index is 14.2. The molecule has 264 valence electrons. The van der Waals surface area contributed by atoms with Gasteiger partial charge in [-0.05, 0) is 95.7 Å². The second-order valence-electron chi connectivity index (χ2n) is 13.8. The first-order valence-corrected chi connectivity index (χ1v) is 16.4. The van der Waals surface area contributed by atoms with Gasteiger partial charge >= 0.3 is 12.3 Å². The number of hydrogen-bond donors (Lipinski definition) is 1. The number of benzene rings is 1. The van der Waals surface area contributed by atoms with Crippen LogP contribution in [0.1, 0.15) is 83.5 Å². The van der Waals surface area contributed by atoms with Crippen LogP contribution in [-0.2, 0) is 33.4 Å². The summed E-state index contributed by atoms with van der Waals surface area (Å²) in [4.78, 5) is 47.1. The Morgan fingerprint density at radius 2 is 1.94 bits per heavy atom. The molecule has 3 aromatic rings. The summed E-state index contributed by atoms with van der Waals surface area (Å²) < 4.78 is 53.5. The van der Waals surface area contributed by atoms with Crippen molar-refractivity contribution < 1.29 is 32.2 Å². The first-order valence-electron chi connectivity index (χ1n) is 16.0. The number of carbonyl (C=O) groups excluding carboxylic acids is 2. The highest BCUT2D eigenvalue weighted by atomic mass is 35.5. The number of halogens is 4. The average molecular weight is 705 g/mol. The average Bonchev–Trinajstić information content (AvgIpc) is 3.44. The number of anilines is 1. The Morgan fingerprint density at radius 3 is 2.59 bits per heavy atom. The standard InChI is InChI=1S/C34H40ClF3N6O5/c1-7-26-23(15-20-17-33(5,6)43(18-20)31(47)49-32(2,3)4)29(46)44-30(40-28(41-44)21-9-8-13-48-14-12-21)42(26)19-27(45)39-25-11-10-22(16-24(25)35)34(36,37)38/h10-12,15-16H,7-9,13-14,17-19H2,1-6H3,(H,39,45)/b20-15+. The van der Waals surface area contributed by atoms with Crippen LogP contribution in [0.3, 0.4) is 0 Å². The zero-order valence-electron chi connectivity index (χ0n) is 28.3. The Bertz CT molecular complexity index is 1900. The lowest BCUT2D eigenvalue weighted by molar-refractivity contribution is -0.137. The molecule has 0 saturated carbocycles. The van der Waals surface area contributed by atoms with Gasteiger partial charge in [0, 0.05) is 24.4 Å². The summed E-state index contributed by atoms with van der Waals surface area (Å²) in [6, 6.07) is 2.67. The molecule has 0 bridgehead atoms. The number of likely N-dealkylation sites (tertiary alicyclic amines) is 1. The number of aromatic nitrogens is 4. The van der Waals surface area contributed by atoms with Crippen LogP contribution < -0.4 is 10.9 Å². The van der Waals surface area contributed by atoms with E-state index in [1.165, 1.54) is 0 Å². The van der Waals surface area contributed by atoms with E-state index in [-0.39, 0.29) is 35.1 Å². The summed E-state index contributed by atoms with van der Waals surface area (Å²) in [6.45, 7) is 11.9. The Kier molecular flexibility index (Phi) is 10.0. The van der Waals surface area contributed by atoms with E-state index in [1.807, 2.05) is 26.8 Å². The fourth-order valence-electron chi connectivity index (χ4n) is 6.04. The highest BCUT2D eigenvalue weighted by molar-refractivity contribution is 6.33. The van der Waals surface area contributed by atoms with E-state index in [0.29, 0.717) is 44.0 Å². The van der Waals surface area contributed by atoms with Crippen LogP contribution in [0.5, 0.6) is 0 Å². The fraction of sp³-hybridized carbons (Fsp3) is 0.500. The molecule has 1 aromatic carbocycles. The van der Waals surface area contributed by atoms with Crippen LogP contribution in [0.25, 0.3) is 17.4 Å². The van der Waals surface area contributed by atoms with Crippen molar-refractivity contribution in [3.8, 4) is 0 Å². The summed E-state index contributed by atoms with van der Waals surface area (Å²) in [5.41, 5.74) is -0.307. The molecule has 0 radical (unpaired) electrons. The van der Waals surface area contributed by atoms with Gasteiger partial charge in [-0.15, -0.1) is 5.10 Å². The summed E-state index contributed by atoms with van der Waals surface area (Å²) in [5.74, 6) is -0.154. The quantitative estimate of drug-likeness (QED) is 0.301. The zero-order chi connectivity index (χ0) is 35.9. The van der Waals surface area contributed by atoms with Crippen molar-refractivity contribution in [2.75, 3.05) is 25.1 Å². The van der Waals surface area contributed by atoms with Gasteiger partial charge in [-0.3, -0.25) is 14.5 Å². The van der Waals surface area contributed by atoms with Crippen molar-refractivity contribution in [2.45, 2.75) is 91.1 Å². The number of allylic oxidation sites excluding steroid dienone is 1. The third-order valence-electron chi connectivity index (χ3n) is 8.28. The molecule has 2 amide bonds. The number of alkyl halides is 3. The zero-order valence-corrected chi connectivity index (χ0v) is 29.1. The molecule has 2 aliphatic heterocycles. The molecule has 0 spiro atoms. The van der Waals surface area contributed by atoms with E-state index in [2.05, 4.69) is 10.4 Å². The van der Waals surface area contributed by atoms with Gasteiger partial charge < -0.3 is 19.4 Å². The van der Waals surface area contributed by atoms with Crippen molar-refractivity contribution in [1.29, 1.82) is 0 Å². The predicted octanol–water partition coefficient (Wildman–Crippen LogP) is 6.76. The Balaban J connectivity index is 1.59. The number of nitrogens with one attached hydrogen (secondary N) is 1. The molecule has 0 unspecified atom stereocenters. The summed E-state index contributed by atoms with van der Waals surface area (Å²) in [7, 11) is 0. The van der Waals surface area contributed by atoms with E-state index in [0.717, 1.165) is 40.3 Å². The predicted molar refractivity (Wildman–Crippen MR) is 179 cm³/mol. The lowest BCUT2D eigenvalue weighted by Gasteiger charge is -2.33. The first kappa shape index (κ1) is 36.1. The third-order valence-corrected chi connectivity index (χ3v) is 8.59. The molecule has 15 heteroatoms. The number of rotatable bonds is 6. The maximum Gasteiger partial charge on any atom is 0.416 e. The molecule has 1 fully saturated rings. The van der Waals surface area contributed by atoms with Gasteiger partial charge in [-0.2, -0.15) is 22.7 Å². The molecule has 4 heterocycles. The Morgan fingerprint density at radius 1 is 1.20 bits per heavy atom. The van der Waals surface area contributed by atoms with Gasteiger partial charge in [0.2, 0.25) is 11.7 Å². The van der Waals surface area contributed by atoms with E-state index in [9.17, 15) is 27.6 Å². The van der Waals surface area contributed by atoms with Gasteiger partial charge in [-0.25, -0.2) is 4.79 Å². The number of carbonyl (C=O) groups is 2. The van der Waals surface area contributed by atoms with E-state index in [4.69, 9.17) is 26.1 Å². The van der Waals surface area contributed by atoms with Crippen LogP contribution in [0.4, 0.5) is 23.7 Å². The number of nitrogens with zero attached hydrogens (tertiary/aromatic N) is 5. The van der Waals surface area contributed by atoms with Crippen molar-refractivity contribution in [1.82, 2.24) is 24.1 Å². The van der Waals surface area contributed by atoms with Crippen LogP contribution in [0.15, 0.2) is 34.6 Å². The van der Waals surface area contributed by atoms with E-state index < -0.39 is 40.4 Å². The Labute approximate surface area is 286 Å². The van der Waals surface area contributed by atoms with Crippen molar-refractivity contribution in [3.63, 3.8) is 0 Å². The van der Waals surface area contributed by atoms with Crippen LogP contribution in [0.2, 0.25) is 5.02 Å². The number of fused-ring (bicyclic) bond motifs is 1. The topological polar surface area (TPSA) is 120 Å². The van der Waals surface area contributed by atoms with Crippen LogP contribution in [0, 0.1) is 0 Å². The molecular formula is C34H40ClF3N6O5. The highest BCUT2D eigenvalue weighted by Crippen LogP contribution is 2.36. The monoisotopic (exact) mass is 704 g/mol. The van der Waals surface area contributed by atoms with Crippen LogP contribution in [-0.4, -0.2) is 67.0 Å². The normalized spacial score (nSPS) is 17.7. The van der Waals surface area contributed by atoms with Gasteiger partial charge in [-0.1, -0.05) is 24.6 Å². The molecule has 0 aliphatic carbocycles. The number of ether oxygens (including phenoxy) is 2. The second-order valence-corrected chi connectivity index (χ2v) is 14.2. The van der Waals surface area contributed by atoms with Crippen LogP contribution >= 0.6 is 11.6 Å². The van der Waals surface area contributed by atoms with Gasteiger partial charge in [0.05, 0.1) is 28.4 Å². The second kappa shape index (κ2) is 13.6. The van der Waals surface area contributed by atoms with Gasteiger partial charge in [0.1, 0.15) is 12.1 Å². The lowest BCUT2D eigenvalue weighted by atomic mass is 9.98. The summed E-state index contributed by atoms with van der Waals surface area (Å²) in [6.07, 6.45) is 0.696. The third kappa shape index (κ3) is 8.01. The highest BCUT2D eigenvalue weighted by Gasteiger charge is 2.40. The van der Waals surface area contributed by atoms with E-state index >= 15 is 0 Å². The molecule has 2 aromatic heterocycles. The Hall–Kier alpha value is -4.17. The summed E-state index contributed by atoms with van der Waals surface area (Å²) >= 11 is 6.12. The van der Waals surface area contributed by atoms with Crippen molar-refractivity contribution in [2.24, 2.45) is 0 Å². The smallest absolute Gasteiger partial charge is 0.416 e. The lowest BCUT2D eigenvalue weighted by Crippen LogP contribution is -2.45. The largest absolute Gasteiger partial charge is 0.444 e. The molecule has 0 atom stereocenters. The minimum absolute atomic E-state index is 0.00156. The number of amides is 2. The maximum atomic E-state index is 14.2. The minimum Gasteiger partial charge on any atom is -0.444 e. The van der Waals surface area contributed by atoms with Gasteiger partial charge in [0.25, 0.3) is 5.56 Å².